The second kappa shape index (κ2) is 7.83. The third-order valence-corrected chi connectivity index (χ3v) is 3.92. The van der Waals surface area contributed by atoms with E-state index < -0.39 is 0 Å². The van der Waals surface area contributed by atoms with Gasteiger partial charge in [-0.1, -0.05) is 12.1 Å². The fourth-order valence-corrected chi connectivity index (χ4v) is 2.83. The third-order valence-electron chi connectivity index (χ3n) is 3.92. The molecule has 0 aliphatic carbocycles. The molecule has 1 aliphatic heterocycles. The Morgan fingerprint density at radius 2 is 2.21 bits per heavy atom. The van der Waals surface area contributed by atoms with Gasteiger partial charge in [-0.25, -0.2) is 0 Å². The number of nitrogens with one attached hydrogen (secondary N) is 1. The van der Waals surface area contributed by atoms with Crippen molar-refractivity contribution in [2.45, 2.75) is 12.5 Å². The summed E-state index contributed by atoms with van der Waals surface area (Å²) >= 11 is 0. The summed E-state index contributed by atoms with van der Waals surface area (Å²) in [4.78, 5) is 10.8. The van der Waals surface area contributed by atoms with Crippen LogP contribution in [0.15, 0.2) is 36.7 Å². The molecule has 0 spiro atoms. The number of nitrogens with zero attached hydrogens (tertiary/aromatic N) is 3. The van der Waals surface area contributed by atoms with Gasteiger partial charge in [0.25, 0.3) is 0 Å². The number of aliphatic hydroxyl groups is 1. The maximum absolute atomic E-state index is 8.80. The summed E-state index contributed by atoms with van der Waals surface area (Å²) in [6.07, 6.45) is 4.22. The summed E-state index contributed by atoms with van der Waals surface area (Å²) in [5, 5.41) is 12.2. The first kappa shape index (κ1) is 16.3. The molecule has 1 aromatic heterocycles. The Labute approximate surface area is 141 Å². The van der Waals surface area contributed by atoms with E-state index in [2.05, 4.69) is 26.3 Å². The third kappa shape index (κ3) is 3.86. The predicted octanol–water partition coefficient (Wildman–Crippen LogP) is 1.55. The van der Waals surface area contributed by atoms with Gasteiger partial charge in [-0.15, -0.1) is 0 Å². The highest BCUT2D eigenvalue weighted by Gasteiger charge is 2.24. The number of anilines is 2. The van der Waals surface area contributed by atoms with Crippen LogP contribution < -0.4 is 19.7 Å². The Morgan fingerprint density at radius 1 is 1.33 bits per heavy atom. The minimum absolute atomic E-state index is 0.0458. The molecule has 1 aromatic carbocycles. The van der Waals surface area contributed by atoms with Gasteiger partial charge < -0.3 is 24.8 Å². The molecule has 1 unspecified atom stereocenters. The molecular weight excluding hydrogens is 308 g/mol. The van der Waals surface area contributed by atoms with Crippen LogP contribution in [0.25, 0.3) is 0 Å². The summed E-state index contributed by atoms with van der Waals surface area (Å²) in [6, 6.07) is 8.32. The van der Waals surface area contributed by atoms with Crippen molar-refractivity contribution < 1.29 is 14.6 Å². The van der Waals surface area contributed by atoms with Crippen molar-refractivity contribution >= 4 is 11.5 Å². The topological polar surface area (TPSA) is 79.7 Å². The number of para-hydroxylation sites is 2. The zero-order valence-electron chi connectivity index (χ0n) is 13.7. The highest BCUT2D eigenvalue weighted by molar-refractivity contribution is 5.59. The molecule has 128 valence electrons. The van der Waals surface area contributed by atoms with Crippen molar-refractivity contribution in [1.82, 2.24) is 9.97 Å². The lowest BCUT2D eigenvalue weighted by Crippen LogP contribution is -2.26. The zero-order valence-corrected chi connectivity index (χ0v) is 13.7. The lowest BCUT2D eigenvalue weighted by Gasteiger charge is -2.21. The maximum Gasteiger partial charge on any atom is 0.234 e. The molecule has 1 fully saturated rings. The second-order valence-electron chi connectivity index (χ2n) is 5.56. The van der Waals surface area contributed by atoms with Crippen molar-refractivity contribution in [3.63, 3.8) is 0 Å². The highest BCUT2D eigenvalue weighted by Crippen LogP contribution is 2.30. The lowest BCUT2D eigenvalue weighted by molar-refractivity contribution is 0.196. The number of methoxy groups -OCH3 is 1. The molecule has 24 heavy (non-hydrogen) atoms. The van der Waals surface area contributed by atoms with E-state index in [1.807, 2.05) is 18.2 Å². The number of hydrogen-bond acceptors (Lipinski definition) is 7. The number of benzene rings is 1. The van der Waals surface area contributed by atoms with Crippen LogP contribution in [0, 0.1) is 0 Å². The fourth-order valence-electron chi connectivity index (χ4n) is 2.83. The highest BCUT2D eigenvalue weighted by atomic mass is 16.5. The number of aliphatic hydroxyl groups excluding tert-OH is 1. The standard InChI is InChI=1S/C17H22N4O3/c1-23-15-5-3-2-4-14(15)21-7-6-13(12-21)19-16-10-18-11-17(20-16)24-9-8-22/h2-5,10-11,13,22H,6-9,12H2,1H3,(H,19,20). The van der Waals surface area contributed by atoms with Crippen LogP contribution >= 0.6 is 0 Å². The van der Waals surface area contributed by atoms with Crippen molar-refractivity contribution in [2.24, 2.45) is 0 Å². The maximum atomic E-state index is 8.80. The number of ether oxygens (including phenoxy) is 2. The first-order chi connectivity index (χ1) is 11.8. The number of hydrogen-bond donors (Lipinski definition) is 2. The van der Waals surface area contributed by atoms with Crippen LogP contribution in [0.3, 0.4) is 0 Å². The van der Waals surface area contributed by atoms with E-state index in [4.69, 9.17) is 14.6 Å². The first-order valence-electron chi connectivity index (χ1n) is 8.00. The molecular formula is C17H22N4O3. The van der Waals surface area contributed by atoms with Crippen molar-refractivity contribution in [3.8, 4) is 11.6 Å². The van der Waals surface area contributed by atoms with Gasteiger partial charge >= 0.3 is 0 Å². The summed E-state index contributed by atoms with van der Waals surface area (Å²) in [6.45, 7) is 1.98. The number of rotatable bonds is 7. The molecule has 3 rings (SSSR count). The molecule has 1 aliphatic rings. The fraction of sp³-hybridized carbons (Fsp3) is 0.412. The summed E-state index contributed by atoms with van der Waals surface area (Å²) in [7, 11) is 1.69. The quantitative estimate of drug-likeness (QED) is 0.797. The zero-order chi connectivity index (χ0) is 16.8. The average Bonchev–Trinajstić information content (AvgIpc) is 3.08. The average molecular weight is 330 g/mol. The van der Waals surface area contributed by atoms with Gasteiger partial charge in [-0.3, -0.25) is 4.98 Å². The van der Waals surface area contributed by atoms with E-state index >= 15 is 0 Å². The Morgan fingerprint density at radius 3 is 3.04 bits per heavy atom. The summed E-state index contributed by atoms with van der Waals surface area (Å²) in [5.41, 5.74) is 1.11. The minimum Gasteiger partial charge on any atom is -0.495 e. The Kier molecular flexibility index (Phi) is 5.32. The molecule has 1 saturated heterocycles. The molecule has 0 radical (unpaired) electrons. The van der Waals surface area contributed by atoms with Gasteiger partial charge in [0, 0.05) is 19.1 Å². The minimum atomic E-state index is -0.0458. The van der Waals surface area contributed by atoms with Gasteiger partial charge in [0.15, 0.2) is 0 Å². The van der Waals surface area contributed by atoms with Crippen molar-refractivity contribution in [3.05, 3.63) is 36.7 Å². The molecule has 1 atom stereocenters. The van der Waals surface area contributed by atoms with E-state index in [0.717, 1.165) is 30.9 Å². The van der Waals surface area contributed by atoms with E-state index in [1.54, 1.807) is 13.3 Å². The van der Waals surface area contributed by atoms with Gasteiger partial charge in [0.2, 0.25) is 5.88 Å². The molecule has 7 heteroatoms. The SMILES string of the molecule is COc1ccccc1N1CCC(Nc2cncc(OCCO)n2)C1. The predicted molar refractivity (Wildman–Crippen MR) is 91.8 cm³/mol. The van der Waals surface area contributed by atoms with Crippen LogP contribution in [-0.2, 0) is 0 Å². The largest absolute Gasteiger partial charge is 0.495 e. The Bertz CT molecular complexity index is 668. The normalized spacial score (nSPS) is 16.9. The monoisotopic (exact) mass is 330 g/mol. The van der Waals surface area contributed by atoms with Crippen LogP contribution in [-0.4, -0.2) is 54.5 Å². The smallest absolute Gasteiger partial charge is 0.234 e. The van der Waals surface area contributed by atoms with Gasteiger partial charge in [0.1, 0.15) is 18.2 Å². The molecule has 2 heterocycles. The van der Waals surface area contributed by atoms with Gasteiger partial charge in [0.05, 0.1) is 31.8 Å². The molecule has 2 N–H and O–H groups in total. The van der Waals surface area contributed by atoms with Gasteiger partial charge in [-0.05, 0) is 18.6 Å². The lowest BCUT2D eigenvalue weighted by atomic mass is 10.2. The van der Waals surface area contributed by atoms with Crippen LogP contribution in [0.1, 0.15) is 6.42 Å². The Hall–Kier alpha value is -2.54. The van der Waals surface area contributed by atoms with Crippen molar-refractivity contribution in [2.75, 3.05) is 43.6 Å². The van der Waals surface area contributed by atoms with E-state index in [1.165, 1.54) is 6.20 Å². The van der Waals surface area contributed by atoms with Gasteiger partial charge in [-0.2, -0.15) is 4.98 Å². The molecule has 0 bridgehead atoms. The first-order valence-corrected chi connectivity index (χ1v) is 8.00. The van der Waals surface area contributed by atoms with E-state index in [-0.39, 0.29) is 19.3 Å². The molecule has 0 amide bonds. The van der Waals surface area contributed by atoms with E-state index in [9.17, 15) is 0 Å². The summed E-state index contributed by atoms with van der Waals surface area (Å²) in [5.74, 6) is 1.98. The molecule has 0 saturated carbocycles. The molecule has 7 nitrogen and oxygen atoms in total. The van der Waals surface area contributed by atoms with Crippen LogP contribution in [0.4, 0.5) is 11.5 Å². The Balaban J connectivity index is 1.62. The molecule has 2 aromatic rings. The van der Waals surface area contributed by atoms with Crippen LogP contribution in [0.2, 0.25) is 0 Å². The van der Waals surface area contributed by atoms with Crippen LogP contribution in [0.5, 0.6) is 11.6 Å². The summed E-state index contributed by atoms with van der Waals surface area (Å²) < 4.78 is 10.7. The van der Waals surface area contributed by atoms with E-state index in [0.29, 0.717) is 11.7 Å². The van der Waals surface area contributed by atoms with Crippen molar-refractivity contribution in [1.29, 1.82) is 0 Å². The number of aromatic nitrogens is 2. The second-order valence-corrected chi connectivity index (χ2v) is 5.56.